The second-order valence-corrected chi connectivity index (χ2v) is 3.95. The number of carbonyl (C=O) groups excluding carboxylic acids is 1. The number of carbonyl (C=O) groups is 1. The van der Waals surface area contributed by atoms with Gasteiger partial charge in [-0.05, 0) is 31.7 Å². The van der Waals surface area contributed by atoms with E-state index in [9.17, 15) is 4.79 Å². The van der Waals surface area contributed by atoms with Crippen LogP contribution in [-0.2, 0) is 4.79 Å². The quantitative estimate of drug-likeness (QED) is 0.685. The van der Waals surface area contributed by atoms with Crippen molar-refractivity contribution in [1.29, 1.82) is 0 Å². The number of nitrogens with one attached hydrogen (secondary N) is 1. The molecule has 0 aromatic carbocycles. The smallest absolute Gasteiger partial charge is 0.234 e. The first-order valence-electron chi connectivity index (χ1n) is 5.26. The molecular weight excluding hydrogens is 164 g/mol. The van der Waals surface area contributed by atoms with Gasteiger partial charge in [-0.1, -0.05) is 19.8 Å². The Balaban J connectivity index is 2.18. The highest BCUT2D eigenvalue weighted by Gasteiger charge is 2.23. The lowest BCUT2D eigenvalue weighted by Crippen LogP contribution is -2.46. The molecule has 3 heteroatoms. The number of piperidine rings is 1. The number of rotatable bonds is 4. The normalized spacial score (nSPS) is 28.7. The lowest BCUT2D eigenvalue weighted by Gasteiger charge is -2.27. The molecule has 0 aliphatic carbocycles. The van der Waals surface area contributed by atoms with E-state index in [4.69, 9.17) is 5.73 Å². The van der Waals surface area contributed by atoms with E-state index >= 15 is 0 Å². The third-order valence-electron chi connectivity index (χ3n) is 2.83. The van der Waals surface area contributed by atoms with E-state index in [1.165, 1.54) is 19.3 Å². The third kappa shape index (κ3) is 3.35. The van der Waals surface area contributed by atoms with Crippen LogP contribution in [0.1, 0.15) is 39.0 Å². The minimum atomic E-state index is -0.200. The maximum Gasteiger partial charge on any atom is 0.234 e. The van der Waals surface area contributed by atoms with Gasteiger partial charge in [-0.15, -0.1) is 0 Å². The molecular formula is C10H20N2O. The third-order valence-corrected chi connectivity index (χ3v) is 2.83. The number of hydrogen-bond acceptors (Lipinski definition) is 2. The summed E-state index contributed by atoms with van der Waals surface area (Å²) >= 11 is 0. The average molecular weight is 184 g/mol. The Labute approximate surface area is 80.1 Å². The van der Waals surface area contributed by atoms with Gasteiger partial charge in [0.1, 0.15) is 0 Å². The van der Waals surface area contributed by atoms with Gasteiger partial charge in [0.25, 0.3) is 0 Å². The van der Waals surface area contributed by atoms with Crippen LogP contribution in [0.25, 0.3) is 0 Å². The molecule has 0 aromatic rings. The Bertz CT molecular complexity index is 162. The van der Waals surface area contributed by atoms with Crippen molar-refractivity contribution in [3.8, 4) is 0 Å². The lowest BCUT2D eigenvalue weighted by molar-refractivity contribution is -0.120. The maximum atomic E-state index is 10.8. The molecule has 0 spiro atoms. The maximum absolute atomic E-state index is 10.8. The summed E-state index contributed by atoms with van der Waals surface area (Å²) in [5.74, 6) is 0.560. The van der Waals surface area contributed by atoms with Gasteiger partial charge < -0.3 is 11.1 Å². The molecule has 0 aromatic heterocycles. The van der Waals surface area contributed by atoms with E-state index in [0.717, 1.165) is 25.3 Å². The highest BCUT2D eigenvalue weighted by molar-refractivity contribution is 5.79. The molecule has 13 heavy (non-hydrogen) atoms. The molecule has 76 valence electrons. The second kappa shape index (κ2) is 5.22. The first kappa shape index (κ1) is 10.5. The second-order valence-electron chi connectivity index (χ2n) is 3.95. The van der Waals surface area contributed by atoms with Gasteiger partial charge in [0.2, 0.25) is 5.91 Å². The summed E-state index contributed by atoms with van der Waals surface area (Å²) in [6, 6.07) is -0.0714. The van der Waals surface area contributed by atoms with E-state index in [-0.39, 0.29) is 11.9 Å². The lowest BCUT2D eigenvalue weighted by atomic mass is 9.90. The highest BCUT2D eigenvalue weighted by atomic mass is 16.1. The van der Waals surface area contributed by atoms with Gasteiger partial charge in [0.05, 0.1) is 6.04 Å². The van der Waals surface area contributed by atoms with Crippen LogP contribution in [-0.4, -0.2) is 18.5 Å². The van der Waals surface area contributed by atoms with Gasteiger partial charge in [0, 0.05) is 0 Å². The Kier molecular flexibility index (Phi) is 4.22. The van der Waals surface area contributed by atoms with Crippen LogP contribution >= 0.6 is 0 Å². The average Bonchev–Trinajstić information content (AvgIpc) is 2.15. The number of nitrogens with two attached hydrogens (primary N) is 1. The van der Waals surface area contributed by atoms with Crippen LogP contribution in [0.2, 0.25) is 0 Å². The Morgan fingerprint density at radius 1 is 1.54 bits per heavy atom. The van der Waals surface area contributed by atoms with Crippen LogP contribution in [0.4, 0.5) is 0 Å². The van der Waals surface area contributed by atoms with Crippen molar-refractivity contribution in [1.82, 2.24) is 5.32 Å². The zero-order chi connectivity index (χ0) is 9.68. The number of amides is 1. The Morgan fingerprint density at radius 3 is 2.77 bits per heavy atom. The summed E-state index contributed by atoms with van der Waals surface area (Å²) in [7, 11) is 0. The zero-order valence-electron chi connectivity index (χ0n) is 8.38. The van der Waals surface area contributed by atoms with E-state index in [1.807, 2.05) is 0 Å². The fraction of sp³-hybridized carbons (Fsp3) is 0.900. The molecule has 3 nitrogen and oxygen atoms in total. The van der Waals surface area contributed by atoms with Gasteiger partial charge in [-0.3, -0.25) is 4.79 Å². The molecule has 1 aliphatic rings. The molecule has 0 radical (unpaired) electrons. The summed E-state index contributed by atoms with van der Waals surface area (Å²) in [6.07, 6.45) is 5.92. The fourth-order valence-electron chi connectivity index (χ4n) is 1.90. The van der Waals surface area contributed by atoms with Crippen LogP contribution in [0.15, 0.2) is 0 Å². The molecule has 0 saturated carbocycles. The molecule has 1 rings (SSSR count). The number of unbranched alkanes of at least 4 members (excludes halogenated alkanes) is 1. The van der Waals surface area contributed by atoms with Crippen LogP contribution in [0.3, 0.4) is 0 Å². The summed E-state index contributed by atoms with van der Waals surface area (Å²) in [5, 5.41) is 3.20. The number of primary amides is 1. The monoisotopic (exact) mass is 184 g/mol. The standard InChI is InChI=1S/C10H20N2O/c1-2-3-4-8-5-6-9(10(11)13)12-7-8/h8-9,12H,2-7H2,1H3,(H2,11,13)/t8-,9+/m0/s1. The van der Waals surface area contributed by atoms with E-state index in [0.29, 0.717) is 0 Å². The van der Waals surface area contributed by atoms with Crippen molar-refractivity contribution < 1.29 is 4.79 Å². The summed E-state index contributed by atoms with van der Waals surface area (Å²) in [5.41, 5.74) is 5.21. The van der Waals surface area contributed by atoms with Gasteiger partial charge in [-0.2, -0.15) is 0 Å². The van der Waals surface area contributed by atoms with E-state index in [1.54, 1.807) is 0 Å². The molecule has 3 N–H and O–H groups in total. The largest absolute Gasteiger partial charge is 0.368 e. The molecule has 1 aliphatic heterocycles. The number of hydrogen-bond donors (Lipinski definition) is 2. The van der Waals surface area contributed by atoms with Crippen molar-refractivity contribution in [2.24, 2.45) is 11.7 Å². The summed E-state index contributed by atoms with van der Waals surface area (Å²) < 4.78 is 0. The van der Waals surface area contributed by atoms with Crippen molar-refractivity contribution in [3.63, 3.8) is 0 Å². The van der Waals surface area contributed by atoms with Crippen LogP contribution in [0.5, 0.6) is 0 Å². The predicted octanol–water partition coefficient (Wildman–Crippen LogP) is 1.03. The minimum absolute atomic E-state index is 0.0714. The molecule has 1 heterocycles. The molecule has 2 atom stereocenters. The predicted molar refractivity (Wildman–Crippen MR) is 53.2 cm³/mol. The highest BCUT2D eigenvalue weighted by Crippen LogP contribution is 2.19. The zero-order valence-corrected chi connectivity index (χ0v) is 8.38. The van der Waals surface area contributed by atoms with E-state index < -0.39 is 0 Å². The SMILES string of the molecule is CCCC[C@H]1CC[C@H](C(N)=O)NC1. The molecule has 1 fully saturated rings. The Morgan fingerprint density at radius 2 is 2.31 bits per heavy atom. The van der Waals surface area contributed by atoms with Crippen LogP contribution in [0, 0.1) is 5.92 Å². The molecule has 1 amide bonds. The topological polar surface area (TPSA) is 55.1 Å². The van der Waals surface area contributed by atoms with Gasteiger partial charge in [0.15, 0.2) is 0 Å². The van der Waals surface area contributed by atoms with Crippen molar-refractivity contribution in [2.75, 3.05) is 6.54 Å². The van der Waals surface area contributed by atoms with Gasteiger partial charge in [-0.25, -0.2) is 0 Å². The first-order chi connectivity index (χ1) is 6.24. The molecule has 0 bridgehead atoms. The van der Waals surface area contributed by atoms with E-state index in [2.05, 4.69) is 12.2 Å². The minimum Gasteiger partial charge on any atom is -0.368 e. The van der Waals surface area contributed by atoms with Crippen molar-refractivity contribution in [3.05, 3.63) is 0 Å². The van der Waals surface area contributed by atoms with Gasteiger partial charge >= 0.3 is 0 Å². The summed E-state index contributed by atoms with van der Waals surface area (Å²) in [4.78, 5) is 10.8. The van der Waals surface area contributed by atoms with Crippen molar-refractivity contribution in [2.45, 2.75) is 45.1 Å². The van der Waals surface area contributed by atoms with Crippen LogP contribution < -0.4 is 11.1 Å². The molecule has 1 saturated heterocycles. The summed E-state index contributed by atoms with van der Waals surface area (Å²) in [6.45, 7) is 3.18. The van der Waals surface area contributed by atoms with Crippen molar-refractivity contribution >= 4 is 5.91 Å². The fourth-order valence-corrected chi connectivity index (χ4v) is 1.90. The molecule has 0 unspecified atom stereocenters. The first-order valence-corrected chi connectivity index (χ1v) is 5.26. The Hall–Kier alpha value is -0.570.